The highest BCUT2D eigenvalue weighted by atomic mass is 15.3. The van der Waals surface area contributed by atoms with E-state index in [1.54, 1.807) is 0 Å². The number of fused-ring (bicyclic) bond motifs is 2. The van der Waals surface area contributed by atoms with Crippen LogP contribution in [0.5, 0.6) is 0 Å². The van der Waals surface area contributed by atoms with Gasteiger partial charge in [0.05, 0.1) is 0 Å². The summed E-state index contributed by atoms with van der Waals surface area (Å²) >= 11 is 0. The molecule has 3 heterocycles. The molecule has 0 aromatic heterocycles. The average Bonchev–Trinajstić information content (AvgIpc) is 2.92. The summed E-state index contributed by atoms with van der Waals surface area (Å²) in [6, 6.07) is 3.34. The van der Waals surface area contributed by atoms with Crippen molar-refractivity contribution in [2.75, 3.05) is 26.7 Å². The first-order valence-corrected chi connectivity index (χ1v) is 7.96. The van der Waals surface area contributed by atoms with Crippen LogP contribution in [0.1, 0.15) is 45.4 Å². The van der Waals surface area contributed by atoms with Gasteiger partial charge in [-0.1, -0.05) is 6.92 Å². The van der Waals surface area contributed by atoms with E-state index in [4.69, 9.17) is 0 Å². The molecule has 3 nitrogen and oxygen atoms in total. The molecule has 0 aliphatic carbocycles. The zero-order valence-electron chi connectivity index (χ0n) is 12.1. The van der Waals surface area contributed by atoms with Crippen LogP contribution in [0.2, 0.25) is 0 Å². The predicted octanol–water partition coefficient (Wildman–Crippen LogP) is 1.69. The first kappa shape index (κ1) is 12.9. The number of hydrogen-bond donors (Lipinski definition) is 1. The van der Waals surface area contributed by atoms with Crippen molar-refractivity contribution in [1.29, 1.82) is 0 Å². The second-order valence-corrected chi connectivity index (χ2v) is 6.71. The Morgan fingerprint density at radius 1 is 1.11 bits per heavy atom. The van der Waals surface area contributed by atoms with Crippen LogP contribution in [0.3, 0.4) is 0 Å². The number of hydrogen-bond acceptors (Lipinski definition) is 3. The van der Waals surface area contributed by atoms with Crippen LogP contribution in [-0.4, -0.2) is 60.6 Å². The first-order chi connectivity index (χ1) is 8.76. The molecular weight excluding hydrogens is 222 g/mol. The molecule has 104 valence electrons. The van der Waals surface area contributed by atoms with Crippen molar-refractivity contribution in [1.82, 2.24) is 15.1 Å². The van der Waals surface area contributed by atoms with Gasteiger partial charge in [0.2, 0.25) is 0 Å². The van der Waals surface area contributed by atoms with Gasteiger partial charge in [-0.15, -0.1) is 0 Å². The van der Waals surface area contributed by atoms with Crippen molar-refractivity contribution in [3.63, 3.8) is 0 Å². The highest BCUT2D eigenvalue weighted by Crippen LogP contribution is 2.32. The van der Waals surface area contributed by atoms with Crippen LogP contribution < -0.4 is 5.32 Å². The van der Waals surface area contributed by atoms with Crippen molar-refractivity contribution >= 4 is 0 Å². The summed E-state index contributed by atoms with van der Waals surface area (Å²) in [5.41, 5.74) is 0. The summed E-state index contributed by atoms with van der Waals surface area (Å²) in [4.78, 5) is 5.37. The molecule has 3 unspecified atom stereocenters. The minimum absolute atomic E-state index is 0.826. The topological polar surface area (TPSA) is 18.5 Å². The van der Waals surface area contributed by atoms with Crippen LogP contribution in [-0.2, 0) is 0 Å². The van der Waals surface area contributed by atoms with Crippen molar-refractivity contribution in [2.24, 2.45) is 0 Å². The molecule has 2 bridgehead atoms. The lowest BCUT2D eigenvalue weighted by Crippen LogP contribution is -2.52. The van der Waals surface area contributed by atoms with E-state index in [9.17, 15) is 0 Å². The molecule has 0 aromatic carbocycles. The SMILES string of the molecule is CCCN(C1CC2CCC(C1)N2)C1CCN(C)C1. The lowest BCUT2D eigenvalue weighted by Gasteiger charge is -2.41. The third kappa shape index (κ3) is 2.59. The second-order valence-electron chi connectivity index (χ2n) is 6.71. The van der Waals surface area contributed by atoms with Gasteiger partial charge < -0.3 is 10.2 Å². The molecule has 3 aliphatic heterocycles. The third-order valence-electron chi connectivity index (χ3n) is 5.23. The molecule has 3 fully saturated rings. The maximum atomic E-state index is 3.78. The lowest BCUT2D eigenvalue weighted by atomic mass is 9.96. The van der Waals surface area contributed by atoms with Crippen molar-refractivity contribution < 1.29 is 0 Å². The van der Waals surface area contributed by atoms with Crippen LogP contribution in [0.4, 0.5) is 0 Å². The van der Waals surface area contributed by atoms with Crippen molar-refractivity contribution in [3.8, 4) is 0 Å². The minimum Gasteiger partial charge on any atom is -0.311 e. The third-order valence-corrected chi connectivity index (χ3v) is 5.23. The fourth-order valence-electron chi connectivity index (χ4n) is 4.40. The summed E-state index contributed by atoms with van der Waals surface area (Å²) < 4.78 is 0. The molecular formula is C15H29N3. The van der Waals surface area contributed by atoms with E-state index in [-0.39, 0.29) is 0 Å². The molecule has 3 atom stereocenters. The van der Waals surface area contributed by atoms with Crippen LogP contribution >= 0.6 is 0 Å². The fraction of sp³-hybridized carbons (Fsp3) is 1.00. The highest BCUT2D eigenvalue weighted by molar-refractivity contribution is 4.97. The number of likely N-dealkylation sites (N-methyl/N-ethyl adjacent to an activating group) is 1. The van der Waals surface area contributed by atoms with E-state index in [0.29, 0.717) is 0 Å². The molecule has 3 saturated heterocycles. The van der Waals surface area contributed by atoms with E-state index in [0.717, 1.165) is 24.2 Å². The molecule has 0 amide bonds. The first-order valence-electron chi connectivity index (χ1n) is 7.96. The molecule has 0 aromatic rings. The second kappa shape index (κ2) is 5.48. The molecule has 0 spiro atoms. The average molecular weight is 251 g/mol. The maximum Gasteiger partial charge on any atom is 0.0238 e. The molecule has 0 radical (unpaired) electrons. The van der Waals surface area contributed by atoms with Crippen LogP contribution in [0.15, 0.2) is 0 Å². The standard InChI is InChI=1S/C15H29N3/c1-3-7-18(14-6-8-17(2)11-14)15-9-12-4-5-13(10-15)16-12/h12-16H,3-11H2,1-2H3. The Kier molecular flexibility index (Phi) is 3.92. The van der Waals surface area contributed by atoms with E-state index in [1.165, 1.54) is 58.2 Å². The quantitative estimate of drug-likeness (QED) is 0.820. The fourth-order valence-corrected chi connectivity index (χ4v) is 4.40. The summed E-state index contributed by atoms with van der Waals surface area (Å²) in [6.07, 6.45) is 8.33. The van der Waals surface area contributed by atoms with Gasteiger partial charge >= 0.3 is 0 Å². The molecule has 0 saturated carbocycles. The van der Waals surface area contributed by atoms with E-state index >= 15 is 0 Å². The van der Waals surface area contributed by atoms with Gasteiger partial charge in [-0.25, -0.2) is 0 Å². The van der Waals surface area contributed by atoms with Crippen molar-refractivity contribution in [2.45, 2.75) is 69.6 Å². The van der Waals surface area contributed by atoms with Gasteiger partial charge in [0.25, 0.3) is 0 Å². The predicted molar refractivity (Wildman–Crippen MR) is 75.9 cm³/mol. The highest BCUT2D eigenvalue weighted by Gasteiger charge is 2.38. The number of nitrogens with zero attached hydrogens (tertiary/aromatic N) is 2. The number of likely N-dealkylation sites (tertiary alicyclic amines) is 1. The zero-order valence-corrected chi connectivity index (χ0v) is 12.1. The van der Waals surface area contributed by atoms with Crippen LogP contribution in [0.25, 0.3) is 0 Å². The Bertz CT molecular complexity index is 269. The van der Waals surface area contributed by atoms with E-state index < -0.39 is 0 Å². The Balaban J connectivity index is 1.65. The maximum absolute atomic E-state index is 3.78. The number of piperidine rings is 1. The monoisotopic (exact) mass is 251 g/mol. The van der Waals surface area contributed by atoms with Gasteiger partial charge in [-0.2, -0.15) is 0 Å². The van der Waals surface area contributed by atoms with E-state index in [1.807, 2.05) is 0 Å². The summed E-state index contributed by atoms with van der Waals surface area (Å²) in [5.74, 6) is 0. The van der Waals surface area contributed by atoms with E-state index in [2.05, 4.69) is 29.1 Å². The lowest BCUT2D eigenvalue weighted by molar-refractivity contribution is 0.0969. The number of nitrogens with one attached hydrogen (secondary N) is 1. The Labute approximate surface area is 112 Å². The molecule has 18 heavy (non-hydrogen) atoms. The van der Waals surface area contributed by atoms with Gasteiger partial charge in [0, 0.05) is 30.7 Å². The van der Waals surface area contributed by atoms with Gasteiger partial charge in [0.15, 0.2) is 0 Å². The zero-order chi connectivity index (χ0) is 12.5. The molecule has 1 N–H and O–H groups in total. The number of rotatable bonds is 4. The summed E-state index contributed by atoms with van der Waals surface area (Å²) in [6.45, 7) is 6.23. The summed E-state index contributed by atoms with van der Waals surface area (Å²) in [5, 5.41) is 3.78. The summed E-state index contributed by atoms with van der Waals surface area (Å²) in [7, 11) is 2.27. The molecule has 3 heteroatoms. The van der Waals surface area contributed by atoms with Gasteiger partial charge in [0.1, 0.15) is 0 Å². The smallest absolute Gasteiger partial charge is 0.0238 e. The van der Waals surface area contributed by atoms with Gasteiger partial charge in [-0.05, 0) is 58.7 Å². The normalized spacial score (nSPS) is 40.8. The van der Waals surface area contributed by atoms with Crippen LogP contribution in [0, 0.1) is 0 Å². The largest absolute Gasteiger partial charge is 0.311 e. The molecule has 3 rings (SSSR count). The Hall–Kier alpha value is -0.120. The minimum atomic E-state index is 0.826. The Morgan fingerprint density at radius 3 is 2.39 bits per heavy atom. The van der Waals surface area contributed by atoms with Crippen molar-refractivity contribution in [3.05, 3.63) is 0 Å². The molecule has 3 aliphatic rings. The van der Waals surface area contributed by atoms with Gasteiger partial charge in [-0.3, -0.25) is 4.90 Å². The Morgan fingerprint density at radius 2 is 1.83 bits per heavy atom.